The van der Waals surface area contributed by atoms with E-state index in [1.807, 2.05) is 25.2 Å². The smallest absolute Gasteiger partial charge is 0.302 e. The number of nitrogens with two attached hydrogens (primary N) is 1. The lowest BCUT2D eigenvalue weighted by Gasteiger charge is -2.39. The molecule has 0 radical (unpaired) electrons. The number of aromatic hydroxyl groups is 2. The van der Waals surface area contributed by atoms with Crippen LogP contribution in [0.15, 0.2) is 72.8 Å². The summed E-state index contributed by atoms with van der Waals surface area (Å²) >= 11 is 0. The molecule has 0 unspecified atom stereocenters. The van der Waals surface area contributed by atoms with Gasteiger partial charge in [-0.3, -0.25) is 4.79 Å². The number of nitrogens with zero attached hydrogens (tertiary/aromatic N) is 1. The number of hydrogen-bond donors (Lipinski definition) is 6. The van der Waals surface area contributed by atoms with Gasteiger partial charge in [-0.25, -0.2) is 4.98 Å². The second kappa shape index (κ2) is 20.9. The summed E-state index contributed by atoms with van der Waals surface area (Å²) in [7, 11) is 3.54. The number of phenols is 2. The highest BCUT2D eigenvalue weighted by Gasteiger charge is 2.52. The van der Waals surface area contributed by atoms with Gasteiger partial charge in [-0.2, -0.15) is 0 Å². The Balaban J connectivity index is 1.24. The Morgan fingerprint density at radius 3 is 2.61 bits per heavy atom. The molecule has 0 amide bonds. The number of nitrogens with one attached hydrogen (secondary N) is 3. The van der Waals surface area contributed by atoms with Gasteiger partial charge in [0.25, 0.3) is 0 Å². The molecule has 9 rings (SSSR count). The number of hydrogen-bond acceptors (Lipinski definition) is 12. The zero-order valence-electron chi connectivity index (χ0n) is 41.5. The Kier molecular flexibility index (Phi) is 14.5. The molecule has 1 spiro atoms. The van der Waals surface area contributed by atoms with Gasteiger partial charge in [0.05, 0.1) is 13.0 Å². The standard InChI is InChI=1S/C58H69N5O7/c1-7-62-48-13-9-8-11-36(48)15-16-42-38-21-23-58(29-38)30-39-25-40(65)27-52(67-6)54(39)45-18-17-44-47(33-68-35(4)64)56(70-57(44)55(45)58)46-28-51(69-41(31-60-5)32-61-24-22-34(2)3)50(66)26-37(46)12-10-14-49-43(42)19-20-53(59)63-49/h8-9,11,13,17-20,25-28,34,38,41-42,47,56,60-62,65-66H,7,12,15-16,21-24,29-33H2,1-6H3,(H2,59,63)/t38-,41-,42-,47+,56-,58+/m1/s1. The fourth-order valence-corrected chi connectivity index (χ4v) is 11.9. The highest BCUT2D eigenvalue weighted by molar-refractivity contribution is 5.84. The van der Waals surface area contributed by atoms with E-state index in [0.717, 1.165) is 108 Å². The van der Waals surface area contributed by atoms with Crippen LogP contribution in [0, 0.1) is 23.7 Å². The van der Waals surface area contributed by atoms with Crippen molar-refractivity contribution in [3.8, 4) is 51.7 Å². The van der Waals surface area contributed by atoms with E-state index in [1.54, 1.807) is 19.2 Å². The molecular formula is C58H69N5O7. The average molecular weight is 948 g/mol. The normalized spacial score (nSPS) is 20.9. The minimum absolute atomic E-state index is 0.00456. The van der Waals surface area contributed by atoms with E-state index in [0.29, 0.717) is 48.4 Å². The molecule has 70 heavy (non-hydrogen) atoms. The Hall–Kier alpha value is -6.42. The second-order valence-electron chi connectivity index (χ2n) is 20.2. The molecule has 0 saturated heterocycles. The highest BCUT2D eigenvalue weighted by atomic mass is 16.5. The number of methoxy groups -OCH3 is 1. The molecule has 1 saturated carbocycles. The van der Waals surface area contributed by atoms with Crippen molar-refractivity contribution < 1.29 is 34.0 Å². The summed E-state index contributed by atoms with van der Waals surface area (Å²) in [5, 5.41) is 33.4. The number of rotatable bonds is 17. The highest BCUT2D eigenvalue weighted by Crippen LogP contribution is 2.63. The number of likely N-dealkylation sites (N-methyl/N-ethyl adjacent to an activating group) is 1. The third-order valence-electron chi connectivity index (χ3n) is 15.1. The lowest BCUT2D eigenvalue weighted by molar-refractivity contribution is -0.141. The Labute approximate surface area is 413 Å². The van der Waals surface area contributed by atoms with Crippen LogP contribution in [0.1, 0.15) is 122 Å². The number of carbonyl (C=O) groups excluding carboxylic acids is 1. The number of nitrogen functional groups attached to an aromatic ring is 1. The topological polar surface area (TPSA) is 169 Å². The summed E-state index contributed by atoms with van der Waals surface area (Å²) in [6.07, 6.45) is 5.38. The molecule has 5 aromatic rings. The average Bonchev–Trinajstić information content (AvgIpc) is 3.92. The molecule has 368 valence electrons. The maximum Gasteiger partial charge on any atom is 0.302 e. The number of esters is 1. The Morgan fingerprint density at radius 2 is 1.83 bits per heavy atom. The lowest BCUT2D eigenvalue weighted by Crippen LogP contribution is -2.39. The summed E-state index contributed by atoms with van der Waals surface area (Å²) in [5.41, 5.74) is 16.8. The maximum atomic E-state index is 12.7. The molecule has 3 heterocycles. The maximum absolute atomic E-state index is 12.7. The molecule has 12 heteroatoms. The van der Waals surface area contributed by atoms with Gasteiger partial charge in [0, 0.05) is 72.4 Å². The van der Waals surface area contributed by atoms with Crippen molar-refractivity contribution in [2.75, 3.05) is 58.0 Å². The zero-order chi connectivity index (χ0) is 49.1. The zero-order valence-corrected chi connectivity index (χ0v) is 41.5. The van der Waals surface area contributed by atoms with Crippen LogP contribution in [0.4, 0.5) is 11.5 Å². The van der Waals surface area contributed by atoms with E-state index in [1.165, 1.54) is 12.5 Å². The predicted molar refractivity (Wildman–Crippen MR) is 275 cm³/mol. The number of phenolic OH excluding ortho intramolecular Hbond substituents is 2. The van der Waals surface area contributed by atoms with Crippen molar-refractivity contribution in [3.05, 3.63) is 117 Å². The molecular weight excluding hydrogens is 879 g/mol. The van der Waals surface area contributed by atoms with Crippen LogP contribution in [-0.2, 0) is 34.2 Å². The van der Waals surface area contributed by atoms with Gasteiger partial charge in [0.2, 0.25) is 0 Å². The van der Waals surface area contributed by atoms with Gasteiger partial charge >= 0.3 is 5.97 Å². The van der Waals surface area contributed by atoms with Crippen molar-refractivity contribution >= 4 is 17.5 Å². The van der Waals surface area contributed by atoms with Gasteiger partial charge in [-0.05, 0) is 147 Å². The first-order valence-electron chi connectivity index (χ1n) is 25.2. The summed E-state index contributed by atoms with van der Waals surface area (Å²) in [6.45, 7) is 10.8. The second-order valence-corrected chi connectivity index (χ2v) is 20.2. The molecule has 2 aliphatic carbocycles. The molecule has 7 N–H and O–H groups in total. The third kappa shape index (κ3) is 9.84. The fraction of sp³-hybridized carbons (Fsp3) is 0.448. The minimum Gasteiger partial charge on any atom is -0.508 e. The molecule has 1 aromatic heterocycles. The van der Waals surface area contributed by atoms with E-state index >= 15 is 0 Å². The number of aryl methyl sites for hydroxylation is 1. The van der Waals surface area contributed by atoms with Crippen LogP contribution in [0.5, 0.6) is 28.7 Å². The van der Waals surface area contributed by atoms with Crippen LogP contribution in [-0.4, -0.2) is 74.2 Å². The van der Waals surface area contributed by atoms with Crippen LogP contribution in [0.2, 0.25) is 0 Å². The predicted octanol–water partition coefficient (Wildman–Crippen LogP) is 9.48. The number of carbonyl (C=O) groups is 1. The number of para-hydroxylation sites is 1. The van der Waals surface area contributed by atoms with E-state index in [9.17, 15) is 15.0 Å². The van der Waals surface area contributed by atoms with Crippen LogP contribution in [0.3, 0.4) is 0 Å². The van der Waals surface area contributed by atoms with Crippen molar-refractivity contribution in [2.45, 2.75) is 109 Å². The molecule has 4 aliphatic rings. The summed E-state index contributed by atoms with van der Waals surface area (Å²) in [4.78, 5) is 17.6. The largest absolute Gasteiger partial charge is 0.508 e. The first-order valence-corrected chi connectivity index (χ1v) is 25.2. The van der Waals surface area contributed by atoms with Gasteiger partial charge < -0.3 is 50.8 Å². The summed E-state index contributed by atoms with van der Waals surface area (Å²) in [6, 6.07) is 24.1. The van der Waals surface area contributed by atoms with E-state index < -0.39 is 17.4 Å². The minimum atomic E-state index is -0.638. The van der Waals surface area contributed by atoms with Crippen molar-refractivity contribution in [3.63, 3.8) is 0 Å². The van der Waals surface area contributed by atoms with Gasteiger partial charge in [-0.15, -0.1) is 0 Å². The van der Waals surface area contributed by atoms with Crippen LogP contribution in [0.25, 0.3) is 11.1 Å². The number of benzene rings is 4. The SMILES string of the molecule is CCNc1ccccc1CC[C@H]1c2ccc(N)nc2C#CCc2cc(O)c(O[C@H](CNC)CNCCC(C)C)cc2[C@H]2Oc3c(ccc4c3[C@]3(CC[C@@H]1C3)Cc1cc(O)cc(OC)c1-4)[C@@H]2COC(C)=O. The van der Waals surface area contributed by atoms with E-state index in [2.05, 4.69) is 91.0 Å². The summed E-state index contributed by atoms with van der Waals surface area (Å²) < 4.78 is 26.2. The first kappa shape index (κ1) is 48.6. The summed E-state index contributed by atoms with van der Waals surface area (Å²) in [5.74, 6) is 9.32. The molecule has 6 atom stereocenters. The van der Waals surface area contributed by atoms with E-state index in [-0.39, 0.29) is 48.4 Å². The first-order chi connectivity index (χ1) is 33.9. The molecule has 2 aliphatic heterocycles. The van der Waals surface area contributed by atoms with Crippen molar-refractivity contribution in [1.29, 1.82) is 0 Å². The number of fused-ring (bicyclic) bond motifs is 7. The van der Waals surface area contributed by atoms with Gasteiger partial charge in [-0.1, -0.05) is 56.2 Å². The monoisotopic (exact) mass is 948 g/mol. The number of pyridine rings is 1. The molecule has 12 nitrogen and oxygen atoms in total. The van der Waals surface area contributed by atoms with Crippen molar-refractivity contribution in [1.82, 2.24) is 15.6 Å². The molecule has 4 bridgehead atoms. The molecule has 1 fully saturated rings. The third-order valence-corrected chi connectivity index (χ3v) is 15.1. The van der Waals surface area contributed by atoms with Gasteiger partial charge in [0.15, 0.2) is 11.5 Å². The Bertz CT molecular complexity index is 2800. The lowest BCUT2D eigenvalue weighted by atomic mass is 9.64. The van der Waals surface area contributed by atoms with E-state index in [4.69, 9.17) is 29.7 Å². The number of aromatic nitrogens is 1. The Morgan fingerprint density at radius 1 is 1.00 bits per heavy atom. The van der Waals surface area contributed by atoms with Gasteiger partial charge in [0.1, 0.15) is 47.6 Å². The van der Waals surface area contributed by atoms with Crippen molar-refractivity contribution in [2.24, 2.45) is 11.8 Å². The quantitative estimate of drug-likeness (QED) is 0.0297. The number of ether oxygens (including phenoxy) is 4. The number of anilines is 2. The molecule has 4 aromatic carbocycles. The fourth-order valence-electron chi connectivity index (χ4n) is 11.9. The van der Waals surface area contributed by atoms with Crippen LogP contribution < -0.4 is 35.9 Å². The van der Waals surface area contributed by atoms with Crippen LogP contribution >= 0.6 is 0 Å².